The van der Waals surface area contributed by atoms with Gasteiger partial charge < -0.3 is 10.2 Å². The number of likely N-dealkylation sites (N-methyl/N-ethyl adjacent to an activating group) is 1. The van der Waals surface area contributed by atoms with Crippen molar-refractivity contribution in [2.75, 3.05) is 13.6 Å². The Morgan fingerprint density at radius 1 is 1.17 bits per heavy atom. The lowest BCUT2D eigenvalue weighted by Gasteiger charge is -2.60. The number of nitrogens with one attached hydrogen (secondary N) is 1. The number of carbonyl (C=O) groups excluding carboxylic acids is 2. The smallest absolute Gasteiger partial charge is 0.347 e. The molecule has 0 aromatic rings. The Morgan fingerprint density at radius 3 is 2.59 bits per heavy atom. The first-order valence-corrected chi connectivity index (χ1v) is 10.8. The zero-order chi connectivity index (χ0) is 21.2. The monoisotopic (exact) mass is 412 g/mol. The molecule has 3 saturated carbocycles. The maximum absolute atomic E-state index is 12.6. The van der Waals surface area contributed by atoms with Crippen LogP contribution < -0.4 is 5.32 Å². The van der Waals surface area contributed by atoms with Gasteiger partial charge >= 0.3 is 6.18 Å². The zero-order valence-corrected chi connectivity index (χ0v) is 17.4. The highest BCUT2D eigenvalue weighted by atomic mass is 19.4. The highest BCUT2D eigenvalue weighted by Crippen LogP contribution is 2.65. The van der Waals surface area contributed by atoms with Gasteiger partial charge in [-0.25, -0.2) is 0 Å². The van der Waals surface area contributed by atoms with E-state index in [1.54, 1.807) is 6.08 Å². The van der Waals surface area contributed by atoms with Gasteiger partial charge in [0, 0.05) is 24.4 Å². The van der Waals surface area contributed by atoms with Crippen molar-refractivity contribution in [1.82, 2.24) is 10.2 Å². The summed E-state index contributed by atoms with van der Waals surface area (Å²) in [6, 6.07) is 0.206. The second-order valence-corrected chi connectivity index (χ2v) is 10.1. The van der Waals surface area contributed by atoms with Crippen molar-refractivity contribution in [2.24, 2.45) is 34.5 Å². The molecule has 7 heteroatoms. The zero-order valence-electron chi connectivity index (χ0n) is 17.4. The molecule has 1 aliphatic heterocycles. The van der Waals surface area contributed by atoms with Gasteiger partial charge in [-0.1, -0.05) is 19.9 Å². The largest absolute Gasteiger partial charge is 0.405 e. The number of fused-ring (bicyclic) bond motifs is 5. The Bertz CT molecular complexity index is 736. The van der Waals surface area contributed by atoms with Crippen molar-refractivity contribution in [3.63, 3.8) is 0 Å². The van der Waals surface area contributed by atoms with Gasteiger partial charge in [0.15, 0.2) is 0 Å². The number of nitrogens with zero attached hydrogens (tertiary/aromatic N) is 1. The minimum absolute atomic E-state index is 0.0637. The molecule has 0 aromatic carbocycles. The van der Waals surface area contributed by atoms with Gasteiger partial charge in [-0.05, 0) is 67.8 Å². The fourth-order valence-electron chi connectivity index (χ4n) is 7.48. The number of amides is 2. The average Bonchev–Trinajstić information content (AvgIpc) is 3.00. The SMILES string of the molecule is CN1C(=O)C=C[C@@]2(C)C1CC[C@@H]1[C@H]2CC[C@]2(C)C(C(=O)NCC(F)(F)F)CC[C@@H]12. The van der Waals surface area contributed by atoms with Crippen LogP contribution in [0.2, 0.25) is 0 Å². The molecule has 3 aliphatic carbocycles. The maximum atomic E-state index is 12.6. The highest BCUT2D eigenvalue weighted by Gasteiger charge is 2.61. The minimum Gasteiger partial charge on any atom is -0.347 e. The molecule has 2 amide bonds. The summed E-state index contributed by atoms with van der Waals surface area (Å²) in [5.74, 6) is 0.552. The molecule has 0 saturated heterocycles. The number of hydrogen-bond donors (Lipinski definition) is 1. The molecule has 2 unspecified atom stereocenters. The molecule has 4 nitrogen and oxygen atoms in total. The molecule has 0 bridgehead atoms. The lowest BCUT2D eigenvalue weighted by molar-refractivity contribution is -0.147. The highest BCUT2D eigenvalue weighted by molar-refractivity contribution is 5.89. The molecule has 3 fully saturated rings. The Morgan fingerprint density at radius 2 is 1.90 bits per heavy atom. The molecule has 1 N–H and O–H groups in total. The van der Waals surface area contributed by atoms with Crippen molar-refractivity contribution >= 4 is 11.8 Å². The molecule has 4 rings (SSSR count). The van der Waals surface area contributed by atoms with E-state index >= 15 is 0 Å². The van der Waals surface area contributed by atoms with Crippen molar-refractivity contribution < 1.29 is 22.8 Å². The van der Waals surface area contributed by atoms with Crippen LogP contribution in [0.3, 0.4) is 0 Å². The summed E-state index contributed by atoms with van der Waals surface area (Å²) in [7, 11) is 1.89. The van der Waals surface area contributed by atoms with Crippen LogP contribution in [0.5, 0.6) is 0 Å². The molecule has 0 spiro atoms. The van der Waals surface area contributed by atoms with E-state index < -0.39 is 18.6 Å². The molecule has 162 valence electrons. The predicted molar refractivity (Wildman–Crippen MR) is 103 cm³/mol. The number of rotatable bonds is 2. The predicted octanol–water partition coefficient (Wildman–Crippen LogP) is 3.92. The molecule has 7 atom stereocenters. The number of hydrogen-bond acceptors (Lipinski definition) is 2. The van der Waals surface area contributed by atoms with E-state index in [2.05, 4.69) is 25.2 Å². The van der Waals surface area contributed by atoms with Crippen LogP contribution in [0, 0.1) is 34.5 Å². The Kier molecular flexibility index (Phi) is 4.82. The van der Waals surface area contributed by atoms with Gasteiger partial charge in [-0.3, -0.25) is 9.59 Å². The summed E-state index contributed by atoms with van der Waals surface area (Å²) >= 11 is 0. The second kappa shape index (κ2) is 6.74. The maximum Gasteiger partial charge on any atom is 0.405 e. The topological polar surface area (TPSA) is 49.4 Å². The van der Waals surface area contributed by atoms with E-state index in [1.807, 2.05) is 11.9 Å². The van der Waals surface area contributed by atoms with E-state index in [0.717, 1.165) is 32.1 Å². The van der Waals surface area contributed by atoms with Crippen molar-refractivity contribution in [1.29, 1.82) is 0 Å². The number of carbonyl (C=O) groups is 2. The first kappa shape index (κ1) is 20.7. The van der Waals surface area contributed by atoms with Crippen molar-refractivity contribution in [3.05, 3.63) is 12.2 Å². The molecular weight excluding hydrogens is 381 g/mol. The normalized spacial score (nSPS) is 44.1. The summed E-state index contributed by atoms with van der Waals surface area (Å²) in [6.45, 7) is 3.14. The standard InChI is InChI=1S/C22H31F3N2O2/c1-20-10-8-15-13(4-7-17-21(15,2)11-9-18(28)27(17)3)14(20)5-6-16(20)19(29)26-12-22(23,24)25/h9,11,13-17H,4-8,10,12H2,1-3H3,(H,26,29)/t13-,14-,15+,16?,17?,20-,21+/m0/s1. The van der Waals surface area contributed by atoms with E-state index in [4.69, 9.17) is 0 Å². The van der Waals surface area contributed by atoms with Crippen LogP contribution in [0.15, 0.2) is 12.2 Å². The Hall–Kier alpha value is -1.53. The van der Waals surface area contributed by atoms with Crippen molar-refractivity contribution in [3.8, 4) is 0 Å². The fraction of sp³-hybridized carbons (Fsp3) is 0.818. The summed E-state index contributed by atoms with van der Waals surface area (Å²) < 4.78 is 37.7. The van der Waals surface area contributed by atoms with Gasteiger partial charge in [-0.2, -0.15) is 13.2 Å². The molecule has 4 aliphatic rings. The third kappa shape index (κ3) is 3.19. The van der Waals surface area contributed by atoms with Crippen LogP contribution in [-0.2, 0) is 9.59 Å². The quantitative estimate of drug-likeness (QED) is 0.747. The van der Waals surface area contributed by atoms with E-state index in [9.17, 15) is 22.8 Å². The van der Waals surface area contributed by atoms with Crippen LogP contribution >= 0.6 is 0 Å². The van der Waals surface area contributed by atoms with Crippen LogP contribution in [0.4, 0.5) is 13.2 Å². The van der Waals surface area contributed by atoms with Gasteiger partial charge in [0.25, 0.3) is 0 Å². The van der Waals surface area contributed by atoms with E-state index in [0.29, 0.717) is 24.2 Å². The van der Waals surface area contributed by atoms with Gasteiger partial charge in [0.1, 0.15) is 6.54 Å². The fourth-order valence-corrected chi connectivity index (χ4v) is 7.48. The van der Waals surface area contributed by atoms with Crippen LogP contribution in [-0.4, -0.2) is 42.5 Å². The second-order valence-electron chi connectivity index (χ2n) is 10.1. The van der Waals surface area contributed by atoms with Crippen LogP contribution in [0.1, 0.15) is 52.4 Å². The van der Waals surface area contributed by atoms with Crippen molar-refractivity contribution in [2.45, 2.75) is 64.6 Å². The Balaban J connectivity index is 1.54. The molecule has 0 aromatic heterocycles. The summed E-state index contributed by atoms with van der Waals surface area (Å²) in [6.07, 6.45) is 4.79. The summed E-state index contributed by atoms with van der Waals surface area (Å²) in [5, 5.41) is 2.14. The van der Waals surface area contributed by atoms with E-state index in [1.165, 1.54) is 0 Å². The molecule has 0 radical (unpaired) electrons. The lowest BCUT2D eigenvalue weighted by Crippen LogP contribution is -2.60. The Labute approximate surface area is 170 Å². The first-order chi connectivity index (χ1) is 13.5. The summed E-state index contributed by atoms with van der Waals surface area (Å²) in [5.41, 5.74) is -0.302. The minimum atomic E-state index is -4.38. The van der Waals surface area contributed by atoms with Crippen LogP contribution in [0.25, 0.3) is 0 Å². The molecular formula is C22H31F3N2O2. The van der Waals surface area contributed by atoms with E-state index in [-0.39, 0.29) is 28.7 Å². The third-order valence-corrected chi connectivity index (χ3v) is 8.91. The van der Waals surface area contributed by atoms with Gasteiger partial charge in [-0.15, -0.1) is 0 Å². The lowest BCUT2D eigenvalue weighted by atomic mass is 9.47. The van der Waals surface area contributed by atoms with Gasteiger partial charge in [0.2, 0.25) is 11.8 Å². The van der Waals surface area contributed by atoms with Gasteiger partial charge in [0.05, 0.1) is 0 Å². The molecule has 29 heavy (non-hydrogen) atoms. The third-order valence-electron chi connectivity index (χ3n) is 8.91. The average molecular weight is 412 g/mol. The molecule has 1 heterocycles. The number of alkyl halides is 3. The number of halogens is 3. The first-order valence-electron chi connectivity index (χ1n) is 10.8. The summed E-state index contributed by atoms with van der Waals surface area (Å²) in [4.78, 5) is 26.6.